The van der Waals surface area contributed by atoms with Gasteiger partial charge in [-0.05, 0) is 26.2 Å². The van der Waals surface area contributed by atoms with E-state index in [9.17, 15) is 9.90 Å². The Morgan fingerprint density at radius 2 is 1.88 bits per heavy atom. The lowest BCUT2D eigenvalue weighted by atomic mass is 9.96. The maximum absolute atomic E-state index is 11.2. The number of anilines is 1. The zero-order chi connectivity index (χ0) is 17.1. The second-order valence-corrected chi connectivity index (χ2v) is 6.25. The van der Waals surface area contributed by atoms with Crippen molar-refractivity contribution in [2.45, 2.75) is 33.1 Å². The third kappa shape index (κ3) is 3.25. The first-order valence-electron chi connectivity index (χ1n) is 8.50. The number of hydrogen-bond acceptors (Lipinski definition) is 4. The van der Waals surface area contributed by atoms with Crippen LogP contribution in [0.15, 0.2) is 30.3 Å². The van der Waals surface area contributed by atoms with E-state index < -0.39 is 5.97 Å². The van der Waals surface area contributed by atoms with Crippen LogP contribution < -0.4 is 4.90 Å². The van der Waals surface area contributed by atoms with Crippen LogP contribution in [0, 0.1) is 12.8 Å². The molecule has 1 N–H and O–H groups in total. The summed E-state index contributed by atoms with van der Waals surface area (Å²) >= 11 is 0. The lowest BCUT2D eigenvalue weighted by Gasteiger charge is -2.32. The van der Waals surface area contributed by atoms with E-state index in [-0.39, 0.29) is 5.92 Å². The number of benzene rings is 1. The highest BCUT2D eigenvalue weighted by Crippen LogP contribution is 2.29. The number of hydrogen-bond donors (Lipinski definition) is 1. The molecule has 0 bridgehead atoms. The van der Waals surface area contributed by atoms with Crippen LogP contribution in [-0.2, 0) is 11.2 Å². The van der Waals surface area contributed by atoms with Gasteiger partial charge in [0.05, 0.1) is 5.92 Å². The molecule has 126 valence electrons. The second-order valence-electron chi connectivity index (χ2n) is 6.25. The highest BCUT2D eigenvalue weighted by Gasteiger charge is 2.27. The number of carbonyl (C=O) groups is 1. The van der Waals surface area contributed by atoms with Crippen molar-refractivity contribution >= 4 is 11.8 Å². The van der Waals surface area contributed by atoms with Gasteiger partial charge in [0.2, 0.25) is 0 Å². The van der Waals surface area contributed by atoms with Gasteiger partial charge >= 0.3 is 5.97 Å². The summed E-state index contributed by atoms with van der Waals surface area (Å²) in [6.45, 7) is 5.60. The molecule has 0 amide bonds. The van der Waals surface area contributed by atoms with Crippen molar-refractivity contribution in [1.82, 2.24) is 9.97 Å². The number of aliphatic carboxylic acids is 1. The summed E-state index contributed by atoms with van der Waals surface area (Å²) < 4.78 is 0. The summed E-state index contributed by atoms with van der Waals surface area (Å²) in [4.78, 5) is 22.9. The van der Waals surface area contributed by atoms with Crippen LogP contribution in [0.3, 0.4) is 0 Å². The van der Waals surface area contributed by atoms with E-state index in [0.717, 1.165) is 48.0 Å². The summed E-state index contributed by atoms with van der Waals surface area (Å²) in [6.07, 6.45) is 2.21. The minimum atomic E-state index is -0.686. The number of aromatic nitrogens is 2. The van der Waals surface area contributed by atoms with Crippen LogP contribution in [0.5, 0.6) is 0 Å². The minimum absolute atomic E-state index is 0.233. The van der Waals surface area contributed by atoms with Crippen molar-refractivity contribution in [1.29, 1.82) is 0 Å². The lowest BCUT2D eigenvalue weighted by molar-refractivity contribution is -0.142. The molecule has 1 aromatic carbocycles. The van der Waals surface area contributed by atoms with Crippen LogP contribution in [0.4, 0.5) is 5.82 Å². The van der Waals surface area contributed by atoms with E-state index in [1.54, 1.807) is 0 Å². The van der Waals surface area contributed by atoms with Crippen LogP contribution in [-0.4, -0.2) is 34.1 Å². The minimum Gasteiger partial charge on any atom is -0.481 e. The summed E-state index contributed by atoms with van der Waals surface area (Å²) in [5.41, 5.74) is 3.16. The quantitative estimate of drug-likeness (QED) is 0.934. The van der Waals surface area contributed by atoms with Crippen LogP contribution in [0.25, 0.3) is 11.4 Å². The topological polar surface area (TPSA) is 66.3 Å². The summed E-state index contributed by atoms with van der Waals surface area (Å²) in [6, 6.07) is 9.98. The molecule has 0 unspecified atom stereocenters. The molecule has 1 saturated heterocycles. The molecule has 0 saturated carbocycles. The molecule has 1 fully saturated rings. The SMILES string of the molecule is CCc1c(C)nc(-c2ccccc2)nc1N1CCC(C(=O)O)CC1. The summed E-state index contributed by atoms with van der Waals surface area (Å²) in [5.74, 6) is 0.783. The summed E-state index contributed by atoms with van der Waals surface area (Å²) in [7, 11) is 0. The average molecular weight is 325 g/mol. The molecule has 5 nitrogen and oxygen atoms in total. The number of aryl methyl sites for hydroxylation is 1. The predicted octanol–water partition coefficient (Wildman–Crippen LogP) is 3.32. The molecule has 0 atom stereocenters. The van der Waals surface area contributed by atoms with Gasteiger partial charge in [0.15, 0.2) is 5.82 Å². The molecule has 3 rings (SSSR count). The van der Waals surface area contributed by atoms with Gasteiger partial charge in [-0.1, -0.05) is 37.3 Å². The molecule has 0 spiro atoms. The highest BCUT2D eigenvalue weighted by molar-refractivity contribution is 5.70. The Morgan fingerprint density at radius 3 is 2.46 bits per heavy atom. The van der Waals surface area contributed by atoms with Gasteiger partial charge in [-0.15, -0.1) is 0 Å². The Kier molecular flexibility index (Phi) is 4.79. The maximum Gasteiger partial charge on any atom is 0.306 e. The van der Waals surface area contributed by atoms with Crippen molar-refractivity contribution in [3.63, 3.8) is 0 Å². The number of nitrogens with zero attached hydrogens (tertiary/aromatic N) is 3. The Bertz CT molecular complexity index is 723. The Balaban J connectivity index is 1.94. The van der Waals surface area contributed by atoms with Gasteiger partial charge in [-0.3, -0.25) is 4.79 Å². The summed E-state index contributed by atoms with van der Waals surface area (Å²) in [5, 5.41) is 9.19. The van der Waals surface area contributed by atoms with E-state index in [2.05, 4.69) is 16.8 Å². The second kappa shape index (κ2) is 6.99. The third-order valence-electron chi connectivity index (χ3n) is 4.72. The van der Waals surface area contributed by atoms with Gasteiger partial charge in [0, 0.05) is 29.9 Å². The Hall–Kier alpha value is -2.43. The normalized spacial score (nSPS) is 15.5. The van der Waals surface area contributed by atoms with Crippen molar-refractivity contribution in [3.8, 4) is 11.4 Å². The first kappa shape index (κ1) is 16.4. The van der Waals surface area contributed by atoms with Crippen molar-refractivity contribution in [3.05, 3.63) is 41.6 Å². The Labute approximate surface area is 142 Å². The fourth-order valence-electron chi connectivity index (χ4n) is 3.31. The molecule has 1 aromatic heterocycles. The fraction of sp³-hybridized carbons (Fsp3) is 0.421. The van der Waals surface area contributed by atoms with E-state index in [0.29, 0.717) is 12.8 Å². The Morgan fingerprint density at radius 1 is 1.21 bits per heavy atom. The predicted molar refractivity (Wildman–Crippen MR) is 94.2 cm³/mol. The van der Waals surface area contributed by atoms with E-state index >= 15 is 0 Å². The van der Waals surface area contributed by atoms with E-state index in [4.69, 9.17) is 4.98 Å². The molecule has 24 heavy (non-hydrogen) atoms. The average Bonchev–Trinajstić information content (AvgIpc) is 2.62. The fourth-order valence-corrected chi connectivity index (χ4v) is 3.31. The monoisotopic (exact) mass is 325 g/mol. The molecule has 2 heterocycles. The largest absolute Gasteiger partial charge is 0.481 e. The molecule has 0 aliphatic carbocycles. The van der Waals surface area contributed by atoms with Crippen molar-refractivity contribution < 1.29 is 9.90 Å². The molecule has 1 aliphatic heterocycles. The van der Waals surface area contributed by atoms with Crippen LogP contribution >= 0.6 is 0 Å². The van der Waals surface area contributed by atoms with Gasteiger partial charge in [0.1, 0.15) is 5.82 Å². The highest BCUT2D eigenvalue weighted by atomic mass is 16.4. The number of carboxylic acid groups (broad SMARTS) is 1. The molecule has 1 aliphatic rings. The van der Waals surface area contributed by atoms with Crippen molar-refractivity contribution in [2.75, 3.05) is 18.0 Å². The van der Waals surface area contributed by atoms with E-state index in [1.165, 1.54) is 0 Å². The third-order valence-corrected chi connectivity index (χ3v) is 4.72. The molecule has 2 aromatic rings. The zero-order valence-electron chi connectivity index (χ0n) is 14.2. The molecular weight excluding hydrogens is 302 g/mol. The zero-order valence-corrected chi connectivity index (χ0v) is 14.2. The first-order chi connectivity index (χ1) is 11.6. The first-order valence-corrected chi connectivity index (χ1v) is 8.50. The smallest absolute Gasteiger partial charge is 0.306 e. The molecular formula is C19H23N3O2. The van der Waals surface area contributed by atoms with Gasteiger partial charge < -0.3 is 10.0 Å². The standard InChI is InChI=1S/C19H23N3O2/c1-3-16-13(2)20-17(14-7-5-4-6-8-14)21-18(16)22-11-9-15(10-12-22)19(23)24/h4-8,15H,3,9-12H2,1-2H3,(H,23,24). The molecule has 0 radical (unpaired) electrons. The van der Waals surface area contributed by atoms with E-state index in [1.807, 2.05) is 37.3 Å². The van der Waals surface area contributed by atoms with Gasteiger partial charge in [0.25, 0.3) is 0 Å². The number of rotatable bonds is 4. The number of piperidine rings is 1. The van der Waals surface area contributed by atoms with Gasteiger partial charge in [-0.25, -0.2) is 9.97 Å². The molecule has 5 heteroatoms. The van der Waals surface area contributed by atoms with Crippen LogP contribution in [0.1, 0.15) is 31.0 Å². The maximum atomic E-state index is 11.2. The van der Waals surface area contributed by atoms with Gasteiger partial charge in [-0.2, -0.15) is 0 Å². The number of carboxylic acids is 1. The lowest BCUT2D eigenvalue weighted by Crippen LogP contribution is -2.37. The van der Waals surface area contributed by atoms with Crippen LogP contribution in [0.2, 0.25) is 0 Å². The van der Waals surface area contributed by atoms with Crippen molar-refractivity contribution in [2.24, 2.45) is 5.92 Å².